The summed E-state index contributed by atoms with van der Waals surface area (Å²) >= 11 is 0. The van der Waals surface area contributed by atoms with Gasteiger partial charge in [-0.2, -0.15) is 0 Å². The van der Waals surface area contributed by atoms with Crippen LogP contribution in [0.1, 0.15) is 61.8 Å². The quantitative estimate of drug-likeness (QED) is 0.0986. The maximum atomic E-state index is 12.9. The fourth-order valence-electron chi connectivity index (χ4n) is 6.79. The fourth-order valence-corrected chi connectivity index (χ4v) is 12.3. The van der Waals surface area contributed by atoms with Crippen LogP contribution in [-0.4, -0.2) is 55.3 Å². The van der Waals surface area contributed by atoms with Crippen molar-refractivity contribution in [3.8, 4) is 0 Å². The van der Waals surface area contributed by atoms with E-state index >= 15 is 0 Å². The zero-order valence-electron chi connectivity index (χ0n) is 30.4. The summed E-state index contributed by atoms with van der Waals surface area (Å²) in [6.07, 6.45) is 8.49. The SMILES string of the molecule is COCOC1=CC(=O)O[C@@]12C[C@@H](C)C(CO[Si](c1ccccc1)(c1ccccc1)C(C)(C)C)=C[C@@]2(C)/C=C/CO[Si](C)(C)C(C)(C)C. The Kier molecular flexibility index (Phi) is 11.0. The molecule has 1 spiro atoms. The third-order valence-electron chi connectivity index (χ3n) is 10.5. The van der Waals surface area contributed by atoms with Crippen LogP contribution >= 0.6 is 0 Å². The summed E-state index contributed by atoms with van der Waals surface area (Å²) < 4.78 is 31.5. The second kappa shape index (κ2) is 14.0. The van der Waals surface area contributed by atoms with E-state index in [9.17, 15) is 4.79 Å². The first-order valence-electron chi connectivity index (χ1n) is 16.8. The van der Waals surface area contributed by atoms with Gasteiger partial charge >= 0.3 is 5.97 Å². The molecule has 1 heterocycles. The third kappa shape index (κ3) is 7.32. The Bertz CT molecular complexity index is 1430. The molecular formula is C39H56O6Si2. The monoisotopic (exact) mass is 676 g/mol. The standard InChI is InChI=1S/C39H56O6Si2/c1-30-26-39(34(42-29-41-9)25-35(40)45-39)38(8,23-18-24-43-46(10,11)36(2,3)4)27-31(30)28-44-47(37(5,6)7,32-19-14-12-15-20-32)33-21-16-13-17-22-33/h12-23,25,27,30H,24,26,28-29H2,1-11H3/b23-18+/t30-,38-,39+/m1/s1. The summed E-state index contributed by atoms with van der Waals surface area (Å²) in [5.74, 6) is 0.149. The topological polar surface area (TPSA) is 63.2 Å². The summed E-state index contributed by atoms with van der Waals surface area (Å²) in [4.78, 5) is 12.9. The zero-order chi connectivity index (χ0) is 34.7. The normalized spacial score (nSPS) is 24.0. The van der Waals surface area contributed by atoms with Gasteiger partial charge in [-0.15, -0.1) is 0 Å². The Morgan fingerprint density at radius 2 is 1.49 bits per heavy atom. The van der Waals surface area contributed by atoms with Gasteiger partial charge in [0.15, 0.2) is 26.5 Å². The van der Waals surface area contributed by atoms with Crippen LogP contribution in [-0.2, 0) is 27.9 Å². The minimum absolute atomic E-state index is 0.0282. The van der Waals surface area contributed by atoms with Gasteiger partial charge in [-0.05, 0) is 52.0 Å². The van der Waals surface area contributed by atoms with E-state index in [2.05, 4.69) is 147 Å². The lowest BCUT2D eigenvalue weighted by atomic mass is 9.62. The van der Waals surface area contributed by atoms with Gasteiger partial charge in [-0.3, -0.25) is 0 Å². The van der Waals surface area contributed by atoms with E-state index in [0.29, 0.717) is 25.4 Å². The van der Waals surface area contributed by atoms with E-state index in [-0.39, 0.29) is 22.8 Å². The van der Waals surface area contributed by atoms with E-state index in [1.54, 1.807) is 7.11 Å². The maximum absolute atomic E-state index is 12.9. The average molecular weight is 677 g/mol. The number of carbonyl (C=O) groups excluding carboxylic acids is 1. The van der Waals surface area contributed by atoms with Crippen molar-refractivity contribution in [2.24, 2.45) is 11.3 Å². The Balaban J connectivity index is 1.78. The minimum atomic E-state index is -2.77. The Labute approximate surface area is 285 Å². The van der Waals surface area contributed by atoms with Gasteiger partial charge in [-0.25, -0.2) is 4.79 Å². The molecule has 2 aromatic rings. The number of hydrogen-bond donors (Lipinski definition) is 0. The highest BCUT2D eigenvalue weighted by Gasteiger charge is 2.59. The van der Waals surface area contributed by atoms with Crippen molar-refractivity contribution in [3.05, 3.63) is 96.3 Å². The Hall–Kier alpha value is -2.76. The number of ether oxygens (including phenoxy) is 3. The molecule has 0 bridgehead atoms. The molecule has 0 unspecified atom stereocenters. The molecule has 0 radical (unpaired) electrons. The van der Waals surface area contributed by atoms with Crippen molar-refractivity contribution < 1.29 is 27.9 Å². The summed E-state index contributed by atoms with van der Waals surface area (Å²) in [7, 11) is -3.16. The van der Waals surface area contributed by atoms with Gasteiger partial charge in [0.05, 0.1) is 24.7 Å². The molecule has 8 heteroatoms. The van der Waals surface area contributed by atoms with Crippen molar-refractivity contribution >= 4 is 33.0 Å². The van der Waals surface area contributed by atoms with Crippen LogP contribution in [0.2, 0.25) is 23.2 Å². The van der Waals surface area contributed by atoms with Crippen LogP contribution in [0.15, 0.2) is 96.3 Å². The van der Waals surface area contributed by atoms with E-state index in [4.69, 9.17) is 23.1 Å². The Morgan fingerprint density at radius 1 is 0.915 bits per heavy atom. The number of rotatable bonds is 12. The highest BCUT2D eigenvalue weighted by atomic mass is 28.4. The largest absolute Gasteiger partial charge is 0.467 e. The maximum Gasteiger partial charge on any atom is 0.335 e. The molecule has 256 valence electrons. The number of hydrogen-bond acceptors (Lipinski definition) is 6. The molecule has 0 saturated carbocycles. The highest BCUT2D eigenvalue weighted by molar-refractivity contribution is 6.99. The summed E-state index contributed by atoms with van der Waals surface area (Å²) in [5.41, 5.74) is -0.571. The van der Waals surface area contributed by atoms with Gasteiger partial charge in [0.2, 0.25) is 0 Å². The summed E-state index contributed by atoms with van der Waals surface area (Å²) in [6, 6.07) is 21.4. The van der Waals surface area contributed by atoms with E-state index < -0.39 is 33.6 Å². The van der Waals surface area contributed by atoms with Gasteiger partial charge in [0.1, 0.15) is 0 Å². The predicted molar refractivity (Wildman–Crippen MR) is 196 cm³/mol. The van der Waals surface area contributed by atoms with Crippen LogP contribution < -0.4 is 10.4 Å². The number of carbonyl (C=O) groups is 1. The minimum Gasteiger partial charge on any atom is -0.467 e. The van der Waals surface area contributed by atoms with Gasteiger partial charge in [0.25, 0.3) is 8.32 Å². The van der Waals surface area contributed by atoms with Crippen LogP contribution in [0.4, 0.5) is 0 Å². The van der Waals surface area contributed by atoms with Gasteiger partial charge < -0.3 is 23.1 Å². The molecule has 1 aliphatic carbocycles. The number of methoxy groups -OCH3 is 1. The van der Waals surface area contributed by atoms with Crippen molar-refractivity contribution in [1.82, 2.24) is 0 Å². The number of benzene rings is 2. The molecule has 47 heavy (non-hydrogen) atoms. The summed E-state index contributed by atoms with van der Waals surface area (Å²) in [5, 5.41) is 2.44. The first kappa shape index (κ1) is 37.1. The lowest BCUT2D eigenvalue weighted by Crippen LogP contribution is -2.66. The van der Waals surface area contributed by atoms with Gasteiger partial charge in [0, 0.05) is 13.5 Å². The van der Waals surface area contributed by atoms with Crippen LogP contribution in [0.5, 0.6) is 0 Å². The Morgan fingerprint density at radius 3 is 2.00 bits per heavy atom. The molecule has 4 rings (SSSR count). The van der Waals surface area contributed by atoms with Crippen LogP contribution in [0, 0.1) is 11.3 Å². The molecule has 3 atom stereocenters. The second-order valence-corrected chi connectivity index (χ2v) is 25.0. The molecule has 2 aliphatic rings. The lowest BCUT2D eigenvalue weighted by Gasteiger charge is -2.49. The molecule has 0 N–H and O–H groups in total. The lowest BCUT2D eigenvalue weighted by molar-refractivity contribution is -0.161. The van der Waals surface area contributed by atoms with Crippen molar-refractivity contribution in [2.45, 2.75) is 90.6 Å². The molecule has 6 nitrogen and oxygen atoms in total. The first-order chi connectivity index (χ1) is 21.9. The third-order valence-corrected chi connectivity index (χ3v) is 20.0. The zero-order valence-corrected chi connectivity index (χ0v) is 32.4. The van der Waals surface area contributed by atoms with Gasteiger partial charge in [-0.1, -0.05) is 127 Å². The first-order valence-corrected chi connectivity index (χ1v) is 21.6. The van der Waals surface area contributed by atoms with E-state index in [0.717, 1.165) is 0 Å². The van der Waals surface area contributed by atoms with Crippen LogP contribution in [0.25, 0.3) is 0 Å². The molecule has 2 aromatic carbocycles. The smallest absolute Gasteiger partial charge is 0.335 e. The second-order valence-electron chi connectivity index (χ2n) is 15.8. The number of esters is 1. The molecule has 0 aromatic heterocycles. The predicted octanol–water partition coefficient (Wildman–Crippen LogP) is 7.91. The fraction of sp³-hybridized carbons (Fsp3) is 0.513. The molecule has 0 amide bonds. The summed E-state index contributed by atoms with van der Waals surface area (Å²) in [6.45, 7) is 23.4. The van der Waals surface area contributed by atoms with E-state index in [1.807, 2.05) is 0 Å². The van der Waals surface area contributed by atoms with Crippen LogP contribution in [0.3, 0.4) is 0 Å². The molecule has 1 aliphatic heterocycles. The highest BCUT2D eigenvalue weighted by Crippen LogP contribution is 2.54. The van der Waals surface area contributed by atoms with Crippen molar-refractivity contribution in [2.75, 3.05) is 27.1 Å². The average Bonchev–Trinajstić information content (AvgIpc) is 3.32. The van der Waals surface area contributed by atoms with Crippen molar-refractivity contribution in [1.29, 1.82) is 0 Å². The molecular weight excluding hydrogens is 621 g/mol. The van der Waals surface area contributed by atoms with Crippen molar-refractivity contribution in [3.63, 3.8) is 0 Å². The molecule has 0 saturated heterocycles. The molecule has 0 fully saturated rings. The van der Waals surface area contributed by atoms with E-state index in [1.165, 1.54) is 22.0 Å².